The first-order valence-electron chi connectivity index (χ1n) is 8.09. The Labute approximate surface area is 165 Å². The molecule has 7 nitrogen and oxygen atoms in total. The van der Waals surface area contributed by atoms with E-state index in [-0.39, 0.29) is 11.5 Å². The molecule has 0 aliphatic carbocycles. The second kappa shape index (κ2) is 8.41. The van der Waals surface area contributed by atoms with Crippen molar-refractivity contribution in [3.63, 3.8) is 0 Å². The zero-order chi connectivity index (χ0) is 19.4. The van der Waals surface area contributed by atoms with Crippen molar-refractivity contribution in [1.82, 2.24) is 14.8 Å². The number of nitrogens with zero attached hydrogens (tertiary/aromatic N) is 4. The molecule has 1 aromatic heterocycles. The minimum Gasteiger partial charge on any atom is -0.495 e. The number of methoxy groups -OCH3 is 1. The van der Waals surface area contributed by atoms with Crippen LogP contribution in [0.5, 0.6) is 5.75 Å². The lowest BCUT2D eigenvalue weighted by Gasteiger charge is -2.15. The lowest BCUT2D eigenvalue weighted by atomic mass is 10.1. The third-order valence-electron chi connectivity index (χ3n) is 3.92. The van der Waals surface area contributed by atoms with Crippen LogP contribution in [0.1, 0.15) is 16.6 Å². The van der Waals surface area contributed by atoms with Crippen molar-refractivity contribution in [2.45, 2.75) is 17.3 Å². The summed E-state index contributed by atoms with van der Waals surface area (Å²) in [5.74, 6) is 1.23. The van der Waals surface area contributed by atoms with Crippen molar-refractivity contribution in [3.8, 4) is 11.4 Å². The number of nitro groups is 1. The van der Waals surface area contributed by atoms with Gasteiger partial charge in [-0.2, -0.15) is 0 Å². The van der Waals surface area contributed by atoms with Gasteiger partial charge in [-0.25, -0.2) is 0 Å². The summed E-state index contributed by atoms with van der Waals surface area (Å²) in [4.78, 5) is 10.9. The van der Waals surface area contributed by atoms with Gasteiger partial charge in [0.05, 0.1) is 12.1 Å². The van der Waals surface area contributed by atoms with Crippen molar-refractivity contribution in [3.05, 3.63) is 75.1 Å². The van der Waals surface area contributed by atoms with E-state index in [1.165, 1.54) is 18.9 Å². The lowest BCUT2D eigenvalue weighted by molar-refractivity contribution is -0.479. The smallest absolute Gasteiger partial charge is 0.220 e. The summed E-state index contributed by atoms with van der Waals surface area (Å²) in [6.45, 7) is 1.57. The quantitative estimate of drug-likeness (QED) is 0.331. The summed E-state index contributed by atoms with van der Waals surface area (Å²) >= 11 is 7.49. The van der Waals surface area contributed by atoms with E-state index < -0.39 is 5.25 Å². The molecule has 0 spiro atoms. The van der Waals surface area contributed by atoms with E-state index in [1.807, 2.05) is 41.8 Å². The van der Waals surface area contributed by atoms with E-state index in [4.69, 9.17) is 16.3 Å². The lowest BCUT2D eigenvalue weighted by Crippen LogP contribution is -2.11. The predicted octanol–water partition coefficient (Wildman–Crippen LogP) is 4.35. The van der Waals surface area contributed by atoms with E-state index in [9.17, 15) is 10.1 Å². The number of halogens is 1. The average molecular weight is 405 g/mol. The molecule has 0 unspecified atom stereocenters. The third-order valence-corrected chi connectivity index (χ3v) is 5.40. The van der Waals surface area contributed by atoms with Crippen molar-refractivity contribution in [2.75, 3.05) is 13.7 Å². The highest BCUT2D eigenvalue weighted by molar-refractivity contribution is 7.99. The number of rotatable bonds is 7. The molecule has 140 valence electrons. The molecular weight excluding hydrogens is 388 g/mol. The molecule has 0 N–H and O–H groups in total. The SMILES string of the molecule is COc1ccc([C@@H](C[N+](=O)[O-])Sc2nnc(C)n2-c2ccccc2)cc1Cl. The molecule has 2 aromatic carbocycles. The van der Waals surface area contributed by atoms with Crippen LogP contribution in [0.4, 0.5) is 0 Å². The Morgan fingerprint density at radius 1 is 1.26 bits per heavy atom. The molecule has 0 aliphatic rings. The minimum absolute atomic E-state index is 0.270. The first kappa shape index (κ1) is 19.2. The van der Waals surface area contributed by atoms with E-state index >= 15 is 0 Å². The third kappa shape index (κ3) is 4.40. The maximum Gasteiger partial charge on any atom is 0.220 e. The van der Waals surface area contributed by atoms with E-state index in [0.717, 1.165) is 11.3 Å². The fourth-order valence-corrected chi connectivity index (χ4v) is 4.08. The van der Waals surface area contributed by atoms with Gasteiger partial charge in [0.25, 0.3) is 0 Å². The fourth-order valence-electron chi connectivity index (χ4n) is 2.65. The van der Waals surface area contributed by atoms with Crippen molar-refractivity contribution < 1.29 is 9.66 Å². The minimum atomic E-state index is -0.477. The number of para-hydroxylation sites is 1. The number of hydrogen-bond donors (Lipinski definition) is 0. The maximum atomic E-state index is 11.2. The summed E-state index contributed by atoms with van der Waals surface area (Å²) in [6.07, 6.45) is 0. The number of aryl methyl sites for hydroxylation is 1. The summed E-state index contributed by atoms with van der Waals surface area (Å²) in [7, 11) is 1.52. The summed E-state index contributed by atoms with van der Waals surface area (Å²) < 4.78 is 7.04. The Hall–Kier alpha value is -2.58. The van der Waals surface area contributed by atoms with Crippen LogP contribution >= 0.6 is 23.4 Å². The van der Waals surface area contributed by atoms with Gasteiger partial charge in [-0.1, -0.05) is 47.6 Å². The van der Waals surface area contributed by atoms with E-state index in [1.54, 1.807) is 18.2 Å². The van der Waals surface area contributed by atoms with E-state index in [0.29, 0.717) is 21.8 Å². The molecule has 3 rings (SSSR count). The monoisotopic (exact) mass is 404 g/mol. The Kier molecular flexibility index (Phi) is 5.98. The van der Waals surface area contributed by atoms with Gasteiger partial charge >= 0.3 is 0 Å². The summed E-state index contributed by atoms with van der Waals surface area (Å²) in [5.41, 5.74) is 1.62. The number of ether oxygens (including phenoxy) is 1. The van der Waals surface area contributed by atoms with Crippen LogP contribution in [0.25, 0.3) is 5.69 Å². The van der Waals surface area contributed by atoms with Crippen molar-refractivity contribution in [1.29, 1.82) is 0 Å². The highest BCUT2D eigenvalue weighted by Crippen LogP contribution is 2.38. The first-order valence-corrected chi connectivity index (χ1v) is 9.34. The maximum absolute atomic E-state index is 11.2. The second-order valence-corrected chi connectivity index (χ2v) is 7.29. The van der Waals surface area contributed by atoms with Crippen LogP contribution in [-0.4, -0.2) is 33.3 Å². The van der Waals surface area contributed by atoms with Gasteiger partial charge in [0.15, 0.2) is 5.16 Å². The van der Waals surface area contributed by atoms with Gasteiger partial charge < -0.3 is 4.74 Å². The highest BCUT2D eigenvalue weighted by Gasteiger charge is 2.24. The average Bonchev–Trinajstić information content (AvgIpc) is 3.01. The van der Waals surface area contributed by atoms with E-state index in [2.05, 4.69) is 10.2 Å². The molecule has 27 heavy (non-hydrogen) atoms. The predicted molar refractivity (Wildman–Crippen MR) is 105 cm³/mol. The van der Waals surface area contributed by atoms with Crippen LogP contribution in [0.15, 0.2) is 53.7 Å². The molecule has 0 fully saturated rings. The topological polar surface area (TPSA) is 83.1 Å². The van der Waals surface area contributed by atoms with Gasteiger partial charge in [-0.15, -0.1) is 10.2 Å². The number of aromatic nitrogens is 3. The second-order valence-electron chi connectivity index (χ2n) is 5.72. The Balaban J connectivity index is 1.97. The molecule has 0 saturated heterocycles. The van der Waals surface area contributed by atoms with Gasteiger partial charge in [0.2, 0.25) is 6.54 Å². The zero-order valence-corrected chi connectivity index (χ0v) is 16.3. The van der Waals surface area contributed by atoms with Gasteiger partial charge in [-0.3, -0.25) is 14.7 Å². The molecule has 0 radical (unpaired) electrons. The standard InChI is InChI=1S/C18H17ClN4O3S/c1-12-20-21-18(23(12)14-6-4-3-5-7-14)27-17(11-22(24)25)13-8-9-16(26-2)15(19)10-13/h3-10,17H,11H2,1-2H3/t17-/m1/s1. The van der Waals surface area contributed by atoms with Crippen LogP contribution in [-0.2, 0) is 0 Å². The summed E-state index contributed by atoms with van der Waals surface area (Å²) in [5, 5.41) is 20.1. The van der Waals surface area contributed by atoms with Gasteiger partial charge in [-0.05, 0) is 36.8 Å². The first-order chi connectivity index (χ1) is 13.0. The van der Waals surface area contributed by atoms with Crippen LogP contribution in [0, 0.1) is 17.0 Å². The molecule has 0 saturated carbocycles. The van der Waals surface area contributed by atoms with Crippen molar-refractivity contribution >= 4 is 23.4 Å². The molecule has 1 atom stereocenters. The molecule has 0 bridgehead atoms. The molecular formula is C18H17ClN4O3S. The number of thioether (sulfide) groups is 1. The van der Waals surface area contributed by atoms with Gasteiger partial charge in [0.1, 0.15) is 16.8 Å². The Morgan fingerprint density at radius 2 is 2.00 bits per heavy atom. The van der Waals surface area contributed by atoms with Gasteiger partial charge in [0, 0.05) is 10.6 Å². The number of benzene rings is 2. The fraction of sp³-hybridized carbons (Fsp3) is 0.222. The van der Waals surface area contributed by atoms with Crippen LogP contribution in [0.3, 0.4) is 0 Å². The molecule has 1 heterocycles. The summed E-state index contributed by atoms with van der Waals surface area (Å²) in [6, 6.07) is 14.8. The largest absolute Gasteiger partial charge is 0.495 e. The molecule has 9 heteroatoms. The molecule has 3 aromatic rings. The van der Waals surface area contributed by atoms with Crippen LogP contribution < -0.4 is 4.74 Å². The number of hydrogen-bond acceptors (Lipinski definition) is 6. The normalized spacial score (nSPS) is 12.0. The highest BCUT2D eigenvalue weighted by atomic mass is 35.5. The molecule has 0 amide bonds. The van der Waals surface area contributed by atoms with Crippen molar-refractivity contribution in [2.24, 2.45) is 0 Å². The Morgan fingerprint density at radius 3 is 2.63 bits per heavy atom. The molecule has 0 aliphatic heterocycles. The Bertz CT molecular complexity index is 949. The zero-order valence-electron chi connectivity index (χ0n) is 14.7. The van der Waals surface area contributed by atoms with Crippen LogP contribution in [0.2, 0.25) is 5.02 Å².